The Morgan fingerprint density at radius 2 is 1.81 bits per heavy atom. The highest BCUT2D eigenvalue weighted by molar-refractivity contribution is 6.39. The Kier molecular flexibility index (Phi) is 5.84. The van der Waals surface area contributed by atoms with Gasteiger partial charge in [-0.15, -0.1) is 0 Å². The molecule has 0 aliphatic carbocycles. The monoisotopic (exact) mass is 352 g/mol. The molecule has 2 heterocycles. The zero-order valence-corrected chi connectivity index (χ0v) is 14.9. The molecular formula is C20H24N4O2. The quantitative estimate of drug-likeness (QED) is 0.830. The van der Waals surface area contributed by atoms with Crippen LogP contribution in [0.2, 0.25) is 0 Å². The van der Waals surface area contributed by atoms with E-state index in [-0.39, 0.29) is 6.54 Å². The maximum Gasteiger partial charge on any atom is 0.313 e. The first-order valence-electron chi connectivity index (χ1n) is 8.96. The fourth-order valence-electron chi connectivity index (χ4n) is 2.96. The van der Waals surface area contributed by atoms with Gasteiger partial charge in [-0.3, -0.25) is 14.6 Å². The number of rotatable bonds is 4. The number of amides is 2. The molecule has 2 aromatic rings. The molecule has 0 unspecified atom stereocenters. The Balaban J connectivity index is 1.50. The number of anilines is 2. The molecule has 6 nitrogen and oxygen atoms in total. The van der Waals surface area contributed by atoms with Crippen LogP contribution in [0.25, 0.3) is 0 Å². The van der Waals surface area contributed by atoms with E-state index in [1.54, 1.807) is 18.3 Å². The van der Waals surface area contributed by atoms with Crippen LogP contribution in [0.5, 0.6) is 0 Å². The minimum Gasteiger partial charge on any atom is -0.372 e. The number of nitrogens with one attached hydrogen (secondary N) is 2. The van der Waals surface area contributed by atoms with Crippen molar-refractivity contribution in [3.05, 3.63) is 54.4 Å². The predicted molar refractivity (Wildman–Crippen MR) is 102 cm³/mol. The van der Waals surface area contributed by atoms with Gasteiger partial charge in [0.15, 0.2) is 0 Å². The Morgan fingerprint density at radius 3 is 2.46 bits per heavy atom. The molecule has 1 saturated heterocycles. The highest BCUT2D eigenvalue weighted by atomic mass is 16.2. The number of hydrogen-bond donors (Lipinski definition) is 2. The number of benzene rings is 1. The molecule has 2 amide bonds. The average Bonchev–Trinajstić information content (AvgIpc) is 2.68. The Morgan fingerprint density at radius 1 is 1.08 bits per heavy atom. The largest absolute Gasteiger partial charge is 0.372 e. The van der Waals surface area contributed by atoms with Crippen molar-refractivity contribution in [2.24, 2.45) is 5.92 Å². The van der Waals surface area contributed by atoms with Gasteiger partial charge in [0.05, 0.1) is 12.2 Å². The summed E-state index contributed by atoms with van der Waals surface area (Å²) in [6, 6.07) is 13.0. The van der Waals surface area contributed by atoms with Crippen LogP contribution in [0.4, 0.5) is 11.4 Å². The summed E-state index contributed by atoms with van der Waals surface area (Å²) in [5.74, 6) is -0.570. The van der Waals surface area contributed by atoms with Crippen LogP contribution in [0, 0.1) is 5.92 Å². The van der Waals surface area contributed by atoms with Crippen molar-refractivity contribution in [1.82, 2.24) is 10.3 Å². The molecule has 1 aromatic heterocycles. The average molecular weight is 352 g/mol. The molecule has 1 aromatic carbocycles. The van der Waals surface area contributed by atoms with E-state index in [0.29, 0.717) is 11.4 Å². The lowest BCUT2D eigenvalue weighted by atomic mass is 9.99. The minimum absolute atomic E-state index is 0.222. The molecular weight excluding hydrogens is 328 g/mol. The van der Waals surface area contributed by atoms with Crippen molar-refractivity contribution in [3.63, 3.8) is 0 Å². The Hall–Kier alpha value is -2.89. The fraction of sp³-hybridized carbons (Fsp3) is 0.350. The summed E-state index contributed by atoms with van der Waals surface area (Å²) in [4.78, 5) is 30.4. The second kappa shape index (κ2) is 8.47. The molecule has 1 fully saturated rings. The Labute approximate surface area is 153 Å². The topological polar surface area (TPSA) is 74.3 Å². The van der Waals surface area contributed by atoms with Crippen molar-refractivity contribution >= 4 is 23.2 Å². The van der Waals surface area contributed by atoms with Gasteiger partial charge >= 0.3 is 11.8 Å². The standard InChI is InChI=1S/C20H24N4O2/c1-15-9-12-24(13-10-15)18-7-5-16(6-8-18)23-20(26)19(25)22-14-17-4-2-3-11-21-17/h2-8,11,15H,9-10,12-14H2,1H3,(H,22,25)(H,23,26). The number of nitrogens with zero attached hydrogens (tertiary/aromatic N) is 2. The molecule has 0 radical (unpaired) electrons. The van der Waals surface area contributed by atoms with Gasteiger partial charge in [-0.1, -0.05) is 13.0 Å². The highest BCUT2D eigenvalue weighted by Gasteiger charge is 2.17. The first-order chi connectivity index (χ1) is 12.6. The molecule has 0 spiro atoms. The van der Waals surface area contributed by atoms with Crippen LogP contribution < -0.4 is 15.5 Å². The normalized spacial score (nSPS) is 14.7. The second-order valence-electron chi connectivity index (χ2n) is 6.67. The van der Waals surface area contributed by atoms with Crippen LogP contribution in [0.1, 0.15) is 25.5 Å². The van der Waals surface area contributed by atoms with E-state index in [9.17, 15) is 9.59 Å². The van der Waals surface area contributed by atoms with Gasteiger partial charge in [-0.25, -0.2) is 0 Å². The highest BCUT2D eigenvalue weighted by Crippen LogP contribution is 2.24. The molecule has 136 valence electrons. The number of aromatic nitrogens is 1. The van der Waals surface area contributed by atoms with Crippen molar-refractivity contribution in [3.8, 4) is 0 Å². The molecule has 0 bridgehead atoms. The van der Waals surface area contributed by atoms with Crippen molar-refractivity contribution in [2.75, 3.05) is 23.3 Å². The fourth-order valence-corrected chi connectivity index (χ4v) is 2.96. The zero-order valence-electron chi connectivity index (χ0n) is 14.9. The summed E-state index contributed by atoms with van der Waals surface area (Å²) in [7, 11) is 0. The van der Waals surface area contributed by atoms with E-state index in [2.05, 4.69) is 27.4 Å². The molecule has 0 atom stereocenters. The first-order valence-corrected chi connectivity index (χ1v) is 8.96. The van der Waals surface area contributed by atoms with E-state index in [0.717, 1.165) is 24.7 Å². The summed E-state index contributed by atoms with van der Waals surface area (Å²) in [6.45, 7) is 4.62. The number of carbonyl (C=O) groups excluding carboxylic acids is 2. The summed E-state index contributed by atoms with van der Waals surface area (Å²) in [5.41, 5.74) is 2.46. The second-order valence-corrected chi connectivity index (χ2v) is 6.67. The molecule has 3 rings (SSSR count). The third-order valence-corrected chi connectivity index (χ3v) is 4.64. The summed E-state index contributed by atoms with van der Waals surface area (Å²) in [5, 5.41) is 5.19. The van der Waals surface area contributed by atoms with Gasteiger partial charge < -0.3 is 15.5 Å². The molecule has 2 N–H and O–H groups in total. The number of pyridine rings is 1. The third-order valence-electron chi connectivity index (χ3n) is 4.64. The van der Waals surface area contributed by atoms with E-state index in [1.165, 1.54) is 12.8 Å². The third kappa shape index (κ3) is 4.81. The van der Waals surface area contributed by atoms with Gasteiger partial charge in [0.1, 0.15) is 0 Å². The lowest BCUT2D eigenvalue weighted by Crippen LogP contribution is -2.35. The van der Waals surface area contributed by atoms with E-state index in [4.69, 9.17) is 0 Å². The van der Waals surface area contributed by atoms with Crippen LogP contribution >= 0.6 is 0 Å². The predicted octanol–water partition coefficient (Wildman–Crippen LogP) is 2.57. The lowest BCUT2D eigenvalue weighted by molar-refractivity contribution is -0.136. The molecule has 1 aliphatic rings. The van der Waals surface area contributed by atoms with Gasteiger partial charge in [0.2, 0.25) is 0 Å². The summed E-state index contributed by atoms with van der Waals surface area (Å²) >= 11 is 0. The molecule has 0 saturated carbocycles. The van der Waals surface area contributed by atoms with Crippen molar-refractivity contribution < 1.29 is 9.59 Å². The maximum atomic E-state index is 12.0. The smallest absolute Gasteiger partial charge is 0.313 e. The van der Waals surface area contributed by atoms with Crippen molar-refractivity contribution in [2.45, 2.75) is 26.3 Å². The van der Waals surface area contributed by atoms with Crippen LogP contribution in [-0.2, 0) is 16.1 Å². The Bertz CT molecular complexity index is 738. The number of hydrogen-bond acceptors (Lipinski definition) is 4. The van der Waals surface area contributed by atoms with Gasteiger partial charge in [-0.2, -0.15) is 0 Å². The summed E-state index contributed by atoms with van der Waals surface area (Å²) < 4.78 is 0. The van der Waals surface area contributed by atoms with E-state index in [1.807, 2.05) is 30.3 Å². The first kappa shape index (κ1) is 17.9. The lowest BCUT2D eigenvalue weighted by Gasteiger charge is -2.32. The molecule has 26 heavy (non-hydrogen) atoms. The minimum atomic E-state index is -0.680. The van der Waals surface area contributed by atoms with Crippen molar-refractivity contribution in [1.29, 1.82) is 0 Å². The van der Waals surface area contributed by atoms with E-state index < -0.39 is 11.8 Å². The van der Waals surface area contributed by atoms with Crippen LogP contribution in [0.15, 0.2) is 48.7 Å². The number of carbonyl (C=O) groups is 2. The van der Waals surface area contributed by atoms with Crippen LogP contribution in [-0.4, -0.2) is 29.9 Å². The maximum absolute atomic E-state index is 12.0. The van der Waals surface area contributed by atoms with Gasteiger partial charge in [0.25, 0.3) is 0 Å². The molecule has 6 heteroatoms. The van der Waals surface area contributed by atoms with Gasteiger partial charge in [0, 0.05) is 30.7 Å². The summed E-state index contributed by atoms with van der Waals surface area (Å²) in [6.07, 6.45) is 4.05. The molecule has 1 aliphatic heterocycles. The zero-order chi connectivity index (χ0) is 18.4. The van der Waals surface area contributed by atoms with E-state index >= 15 is 0 Å². The SMILES string of the molecule is CC1CCN(c2ccc(NC(=O)C(=O)NCc3ccccn3)cc2)CC1. The van der Waals surface area contributed by atoms with Gasteiger partial charge in [-0.05, 0) is 55.2 Å². The number of piperidine rings is 1. The van der Waals surface area contributed by atoms with Crippen LogP contribution in [0.3, 0.4) is 0 Å².